The molecule has 1 heterocycles. The van der Waals surface area contributed by atoms with Gasteiger partial charge in [0.05, 0.1) is 11.5 Å². The Balaban J connectivity index is 1.90. The standard InChI is InChI=1S/C14H17N3O2S/c15-12(20)8-16-13(18)14(19)17-7-6-11(9-17)10-4-2-1-3-5-10/h1-5,11H,6-9H2,(H2,15,20)(H,16,18). The second-order valence-corrected chi connectivity index (χ2v) is 5.32. The maximum atomic E-state index is 12.0. The van der Waals surface area contributed by atoms with Crippen LogP contribution in [-0.4, -0.2) is 41.3 Å². The lowest BCUT2D eigenvalue weighted by atomic mass is 9.99. The van der Waals surface area contributed by atoms with Crippen molar-refractivity contribution in [1.82, 2.24) is 10.2 Å². The smallest absolute Gasteiger partial charge is 0.311 e. The van der Waals surface area contributed by atoms with Crippen LogP contribution in [0.25, 0.3) is 0 Å². The third-order valence-electron chi connectivity index (χ3n) is 3.36. The third kappa shape index (κ3) is 3.54. The predicted octanol–water partition coefficient (Wildman–Crippen LogP) is 0.405. The highest BCUT2D eigenvalue weighted by Gasteiger charge is 2.30. The zero-order valence-corrected chi connectivity index (χ0v) is 11.9. The lowest BCUT2D eigenvalue weighted by molar-refractivity contribution is -0.145. The number of rotatable bonds is 3. The molecular weight excluding hydrogens is 274 g/mol. The number of carbonyl (C=O) groups excluding carboxylic acids is 2. The maximum absolute atomic E-state index is 12.0. The van der Waals surface area contributed by atoms with E-state index in [1.54, 1.807) is 4.90 Å². The highest BCUT2D eigenvalue weighted by Crippen LogP contribution is 2.26. The summed E-state index contributed by atoms with van der Waals surface area (Å²) in [5.74, 6) is -0.866. The summed E-state index contributed by atoms with van der Waals surface area (Å²) in [5, 5.41) is 2.42. The lowest BCUT2D eigenvalue weighted by Crippen LogP contribution is -2.44. The number of benzene rings is 1. The quantitative estimate of drug-likeness (QED) is 0.624. The molecule has 0 radical (unpaired) electrons. The van der Waals surface area contributed by atoms with Gasteiger partial charge in [0, 0.05) is 19.0 Å². The summed E-state index contributed by atoms with van der Waals surface area (Å²) in [5.41, 5.74) is 6.48. The zero-order valence-electron chi connectivity index (χ0n) is 11.0. The van der Waals surface area contributed by atoms with Gasteiger partial charge in [-0.15, -0.1) is 0 Å². The largest absolute Gasteiger partial charge is 0.392 e. The van der Waals surface area contributed by atoms with Crippen LogP contribution < -0.4 is 11.1 Å². The van der Waals surface area contributed by atoms with E-state index in [1.165, 1.54) is 5.56 Å². The summed E-state index contributed by atoms with van der Waals surface area (Å²) >= 11 is 4.66. The summed E-state index contributed by atoms with van der Waals surface area (Å²) in [6.45, 7) is 1.22. The molecule has 2 amide bonds. The van der Waals surface area contributed by atoms with Crippen LogP contribution in [0, 0.1) is 0 Å². The summed E-state index contributed by atoms with van der Waals surface area (Å²) in [6, 6.07) is 10.0. The first-order chi connectivity index (χ1) is 9.58. The molecule has 0 spiro atoms. The molecule has 6 heteroatoms. The molecule has 20 heavy (non-hydrogen) atoms. The molecule has 1 atom stereocenters. The number of amides is 2. The van der Waals surface area contributed by atoms with E-state index in [1.807, 2.05) is 30.3 Å². The molecule has 1 aromatic rings. The van der Waals surface area contributed by atoms with E-state index < -0.39 is 11.8 Å². The van der Waals surface area contributed by atoms with Gasteiger partial charge in [-0.1, -0.05) is 42.5 Å². The highest BCUT2D eigenvalue weighted by molar-refractivity contribution is 7.80. The van der Waals surface area contributed by atoms with E-state index in [0.717, 1.165) is 6.42 Å². The molecule has 2 rings (SSSR count). The van der Waals surface area contributed by atoms with Gasteiger partial charge in [0.1, 0.15) is 0 Å². The normalized spacial score (nSPS) is 17.8. The van der Waals surface area contributed by atoms with Crippen molar-refractivity contribution in [3.05, 3.63) is 35.9 Å². The van der Waals surface area contributed by atoms with Crippen LogP contribution in [0.2, 0.25) is 0 Å². The van der Waals surface area contributed by atoms with Crippen molar-refractivity contribution in [3.8, 4) is 0 Å². The van der Waals surface area contributed by atoms with Crippen LogP contribution in [0.3, 0.4) is 0 Å². The Labute approximate surface area is 123 Å². The first-order valence-electron chi connectivity index (χ1n) is 6.48. The Morgan fingerprint density at radius 1 is 1.35 bits per heavy atom. The van der Waals surface area contributed by atoms with Gasteiger partial charge < -0.3 is 16.0 Å². The Morgan fingerprint density at radius 2 is 2.05 bits per heavy atom. The van der Waals surface area contributed by atoms with Gasteiger partial charge in [-0.25, -0.2) is 0 Å². The number of nitrogens with two attached hydrogens (primary N) is 1. The monoisotopic (exact) mass is 291 g/mol. The van der Waals surface area contributed by atoms with Crippen LogP contribution in [0.15, 0.2) is 30.3 Å². The molecule has 1 aliphatic heterocycles. The molecule has 1 aromatic carbocycles. The average Bonchev–Trinajstić information content (AvgIpc) is 2.94. The molecule has 5 nitrogen and oxygen atoms in total. The number of hydrogen-bond acceptors (Lipinski definition) is 3. The minimum atomic E-state index is -0.647. The van der Waals surface area contributed by atoms with Gasteiger partial charge in [0.25, 0.3) is 0 Å². The first kappa shape index (κ1) is 14.5. The molecule has 1 fully saturated rings. The van der Waals surface area contributed by atoms with Crippen molar-refractivity contribution in [2.24, 2.45) is 5.73 Å². The molecule has 0 bridgehead atoms. The molecular formula is C14H17N3O2S. The Kier molecular flexibility index (Phi) is 4.68. The Hall–Kier alpha value is -1.95. The molecule has 1 unspecified atom stereocenters. The summed E-state index contributed by atoms with van der Waals surface area (Å²) < 4.78 is 0. The first-order valence-corrected chi connectivity index (χ1v) is 6.89. The molecule has 1 saturated heterocycles. The lowest BCUT2D eigenvalue weighted by Gasteiger charge is -2.16. The second kappa shape index (κ2) is 6.47. The van der Waals surface area contributed by atoms with E-state index in [-0.39, 0.29) is 11.5 Å². The number of carbonyl (C=O) groups is 2. The molecule has 0 aromatic heterocycles. The van der Waals surface area contributed by atoms with Crippen molar-refractivity contribution in [1.29, 1.82) is 0 Å². The van der Waals surface area contributed by atoms with E-state index >= 15 is 0 Å². The number of nitrogens with one attached hydrogen (secondary N) is 1. The summed E-state index contributed by atoms with van der Waals surface area (Å²) in [4.78, 5) is 25.4. The summed E-state index contributed by atoms with van der Waals surface area (Å²) in [7, 11) is 0. The van der Waals surface area contributed by atoms with Crippen LogP contribution in [-0.2, 0) is 9.59 Å². The summed E-state index contributed by atoms with van der Waals surface area (Å²) in [6.07, 6.45) is 0.873. The Bertz CT molecular complexity index is 518. The van der Waals surface area contributed by atoms with Gasteiger partial charge in [-0.2, -0.15) is 0 Å². The highest BCUT2D eigenvalue weighted by atomic mass is 32.1. The van der Waals surface area contributed by atoms with Crippen LogP contribution in [0.4, 0.5) is 0 Å². The molecule has 0 saturated carbocycles. The molecule has 3 N–H and O–H groups in total. The maximum Gasteiger partial charge on any atom is 0.311 e. The van der Waals surface area contributed by atoms with E-state index in [4.69, 9.17) is 5.73 Å². The minimum Gasteiger partial charge on any atom is -0.392 e. The zero-order chi connectivity index (χ0) is 14.5. The predicted molar refractivity (Wildman–Crippen MR) is 80.2 cm³/mol. The van der Waals surface area contributed by atoms with Crippen molar-refractivity contribution in [2.75, 3.05) is 19.6 Å². The molecule has 0 aliphatic carbocycles. The van der Waals surface area contributed by atoms with Gasteiger partial charge in [-0.3, -0.25) is 9.59 Å². The van der Waals surface area contributed by atoms with Crippen LogP contribution in [0.5, 0.6) is 0 Å². The molecule has 1 aliphatic rings. The fourth-order valence-electron chi connectivity index (χ4n) is 2.33. The molecule has 106 valence electrons. The van der Waals surface area contributed by atoms with Crippen LogP contribution in [0.1, 0.15) is 17.9 Å². The minimum absolute atomic E-state index is 0.0514. The fraction of sp³-hybridized carbons (Fsp3) is 0.357. The number of thiocarbonyl (C=S) groups is 1. The topological polar surface area (TPSA) is 75.4 Å². The second-order valence-electron chi connectivity index (χ2n) is 4.80. The van der Waals surface area contributed by atoms with E-state index in [9.17, 15) is 9.59 Å². The average molecular weight is 291 g/mol. The third-order valence-corrected chi connectivity index (χ3v) is 3.51. The van der Waals surface area contributed by atoms with Crippen molar-refractivity contribution < 1.29 is 9.59 Å². The van der Waals surface area contributed by atoms with Gasteiger partial charge in [0.15, 0.2) is 0 Å². The Morgan fingerprint density at radius 3 is 2.70 bits per heavy atom. The van der Waals surface area contributed by atoms with Crippen molar-refractivity contribution in [2.45, 2.75) is 12.3 Å². The number of likely N-dealkylation sites (tertiary alicyclic amines) is 1. The van der Waals surface area contributed by atoms with Gasteiger partial charge >= 0.3 is 11.8 Å². The van der Waals surface area contributed by atoms with Gasteiger partial charge in [-0.05, 0) is 12.0 Å². The number of hydrogen-bond donors (Lipinski definition) is 2. The van der Waals surface area contributed by atoms with E-state index in [2.05, 4.69) is 17.5 Å². The van der Waals surface area contributed by atoms with Crippen molar-refractivity contribution >= 4 is 29.0 Å². The van der Waals surface area contributed by atoms with Gasteiger partial charge in [0.2, 0.25) is 0 Å². The van der Waals surface area contributed by atoms with Crippen LogP contribution >= 0.6 is 12.2 Å². The number of nitrogens with zero attached hydrogens (tertiary/aromatic N) is 1. The van der Waals surface area contributed by atoms with Crippen molar-refractivity contribution in [3.63, 3.8) is 0 Å². The SMILES string of the molecule is NC(=S)CNC(=O)C(=O)N1CCC(c2ccccc2)C1. The fourth-order valence-corrected chi connectivity index (χ4v) is 2.40. The van der Waals surface area contributed by atoms with E-state index in [0.29, 0.717) is 19.0 Å².